The number of hydrogen-bond donors (Lipinski definition) is 2. The molecule has 3 N–H and O–H groups in total. The second-order valence-electron chi connectivity index (χ2n) is 6.92. The molecule has 0 saturated carbocycles. The first-order valence-electron chi connectivity index (χ1n) is 9.36. The molecule has 0 aromatic carbocycles. The third-order valence-corrected chi connectivity index (χ3v) is 5.25. The number of hydrogen-bond acceptors (Lipinski definition) is 5. The molecule has 2 aliphatic heterocycles. The summed E-state index contributed by atoms with van der Waals surface area (Å²) >= 11 is 0. The van der Waals surface area contributed by atoms with Crippen LogP contribution in [0.1, 0.15) is 22.2 Å². The Bertz CT molecular complexity index is 873. The Hall–Kier alpha value is -2.97. The summed E-state index contributed by atoms with van der Waals surface area (Å²) in [7, 11) is 0. The smallest absolute Gasteiger partial charge is 0.290 e. The van der Waals surface area contributed by atoms with Gasteiger partial charge in [-0.1, -0.05) is 0 Å². The maximum atomic E-state index is 13.0. The van der Waals surface area contributed by atoms with E-state index in [0.717, 1.165) is 25.2 Å². The Kier molecular flexibility index (Phi) is 5.23. The molecule has 0 radical (unpaired) electrons. The second-order valence-corrected chi connectivity index (χ2v) is 6.92. The van der Waals surface area contributed by atoms with Crippen LogP contribution in [0.2, 0.25) is 0 Å². The topological polar surface area (TPSA) is 98.6 Å². The van der Waals surface area contributed by atoms with E-state index in [-0.39, 0.29) is 11.3 Å². The molecule has 4 heterocycles. The van der Waals surface area contributed by atoms with Crippen molar-refractivity contribution in [3.05, 3.63) is 65.6 Å². The number of carbonyl (C=O) groups excluding carboxylic acids is 2. The van der Waals surface area contributed by atoms with E-state index in [1.54, 1.807) is 29.4 Å². The molecule has 2 aromatic rings. The summed E-state index contributed by atoms with van der Waals surface area (Å²) in [6, 6.07) is 6.10. The Morgan fingerprint density at radius 1 is 1.29 bits per heavy atom. The normalized spacial score (nSPS) is 20.8. The van der Waals surface area contributed by atoms with Crippen molar-refractivity contribution in [2.75, 3.05) is 39.4 Å². The molecule has 0 spiro atoms. The van der Waals surface area contributed by atoms with Gasteiger partial charge in [0.1, 0.15) is 13.1 Å². The highest BCUT2D eigenvalue weighted by molar-refractivity contribution is 6.14. The molecule has 1 atom stereocenters. The number of pyridine rings is 1. The van der Waals surface area contributed by atoms with E-state index < -0.39 is 23.5 Å². The molecule has 8 nitrogen and oxygen atoms in total. The van der Waals surface area contributed by atoms with Crippen LogP contribution in [-0.2, 0) is 9.53 Å². The maximum Gasteiger partial charge on any atom is 0.290 e. The highest BCUT2D eigenvalue weighted by Crippen LogP contribution is 2.38. The number of aliphatic hydroxyl groups is 1. The molecule has 1 fully saturated rings. The Morgan fingerprint density at radius 2 is 2.11 bits per heavy atom. The van der Waals surface area contributed by atoms with Gasteiger partial charge in [-0.05, 0) is 18.2 Å². The summed E-state index contributed by atoms with van der Waals surface area (Å²) in [5.41, 5.74) is 0.781. The lowest BCUT2D eigenvalue weighted by molar-refractivity contribution is -0.907. The fourth-order valence-corrected chi connectivity index (χ4v) is 3.77. The van der Waals surface area contributed by atoms with Gasteiger partial charge in [0.2, 0.25) is 5.78 Å². The van der Waals surface area contributed by atoms with Gasteiger partial charge in [-0.15, -0.1) is 0 Å². The van der Waals surface area contributed by atoms with Crippen LogP contribution in [0.15, 0.2) is 58.7 Å². The zero-order valence-electron chi connectivity index (χ0n) is 15.4. The van der Waals surface area contributed by atoms with Crippen LogP contribution >= 0.6 is 0 Å². The number of H-pyrrole nitrogens is 1. The number of amides is 1. The second kappa shape index (κ2) is 7.95. The van der Waals surface area contributed by atoms with Crippen molar-refractivity contribution in [2.45, 2.75) is 6.04 Å². The van der Waals surface area contributed by atoms with E-state index in [2.05, 4.69) is 4.98 Å². The Balaban J connectivity index is 1.64. The van der Waals surface area contributed by atoms with Gasteiger partial charge in [0.05, 0.1) is 44.2 Å². The molecule has 1 unspecified atom stereocenters. The van der Waals surface area contributed by atoms with E-state index >= 15 is 0 Å². The van der Waals surface area contributed by atoms with Gasteiger partial charge < -0.3 is 24.1 Å². The number of Topliss-reactive ketones (excluding diaryl/α,β-unsaturated/α-hetero) is 1. The minimum Gasteiger partial charge on any atom is -0.503 e. The quantitative estimate of drug-likeness (QED) is 0.659. The first-order valence-corrected chi connectivity index (χ1v) is 9.36. The van der Waals surface area contributed by atoms with Gasteiger partial charge in [-0.25, -0.2) is 4.98 Å². The summed E-state index contributed by atoms with van der Waals surface area (Å²) < 4.78 is 10.6. The number of furan rings is 1. The zero-order valence-corrected chi connectivity index (χ0v) is 15.4. The monoisotopic (exact) mass is 385 g/mol. The van der Waals surface area contributed by atoms with Crippen LogP contribution in [-0.4, -0.2) is 61.1 Å². The van der Waals surface area contributed by atoms with Crippen molar-refractivity contribution in [1.29, 1.82) is 0 Å². The number of ether oxygens (including phenoxy) is 1. The highest BCUT2D eigenvalue weighted by Gasteiger charge is 2.45. The van der Waals surface area contributed by atoms with Crippen molar-refractivity contribution in [2.24, 2.45) is 0 Å². The van der Waals surface area contributed by atoms with E-state index in [1.807, 2.05) is 6.07 Å². The Labute approximate surface area is 162 Å². The predicted octanol–water partition coefficient (Wildman–Crippen LogP) is -0.413. The lowest BCUT2D eigenvalue weighted by atomic mass is 9.96. The van der Waals surface area contributed by atoms with Gasteiger partial charge in [0.25, 0.3) is 5.91 Å². The average Bonchev–Trinajstić information content (AvgIpc) is 3.36. The number of rotatable bonds is 6. The van der Waals surface area contributed by atoms with Gasteiger partial charge in [-0.2, -0.15) is 0 Å². The van der Waals surface area contributed by atoms with Crippen LogP contribution in [0, 0.1) is 0 Å². The third kappa shape index (κ3) is 3.44. The fourth-order valence-electron chi connectivity index (χ4n) is 3.77. The number of quaternary nitrogens is 1. The lowest BCUT2D eigenvalue weighted by Crippen LogP contribution is -3.14. The van der Waals surface area contributed by atoms with Crippen molar-refractivity contribution in [3.8, 4) is 0 Å². The zero-order chi connectivity index (χ0) is 19.5. The molecule has 4 rings (SSSR count). The van der Waals surface area contributed by atoms with E-state index in [1.165, 1.54) is 17.2 Å². The summed E-state index contributed by atoms with van der Waals surface area (Å²) in [4.78, 5) is 31.7. The van der Waals surface area contributed by atoms with Gasteiger partial charge in [0.15, 0.2) is 23.9 Å². The molecule has 146 valence electrons. The van der Waals surface area contributed by atoms with Crippen molar-refractivity contribution in [1.82, 2.24) is 4.90 Å². The molecular weight excluding hydrogens is 362 g/mol. The number of nitrogens with zero attached hydrogens (tertiary/aromatic N) is 1. The molecule has 1 saturated heterocycles. The van der Waals surface area contributed by atoms with Crippen molar-refractivity contribution >= 4 is 11.7 Å². The van der Waals surface area contributed by atoms with E-state index in [0.29, 0.717) is 19.8 Å². The van der Waals surface area contributed by atoms with E-state index in [9.17, 15) is 14.7 Å². The fraction of sp³-hybridized carbons (Fsp3) is 0.350. The number of aliphatic hydroxyl groups excluding tert-OH is 1. The molecule has 0 bridgehead atoms. The first kappa shape index (κ1) is 18.4. The third-order valence-electron chi connectivity index (χ3n) is 5.25. The number of carbonyl (C=O) groups is 2. The van der Waals surface area contributed by atoms with Crippen LogP contribution < -0.4 is 9.88 Å². The minimum atomic E-state index is -0.664. The van der Waals surface area contributed by atoms with Crippen LogP contribution in [0.3, 0.4) is 0 Å². The minimum absolute atomic E-state index is 0.0523. The Morgan fingerprint density at radius 3 is 2.79 bits per heavy atom. The summed E-state index contributed by atoms with van der Waals surface area (Å²) in [6.07, 6.45) is 4.88. The molecule has 8 heteroatoms. The number of nitrogens with one attached hydrogen (secondary N) is 2. The summed E-state index contributed by atoms with van der Waals surface area (Å²) in [6.45, 7) is 4.30. The summed E-state index contributed by atoms with van der Waals surface area (Å²) in [5, 5.41) is 10.6. The summed E-state index contributed by atoms with van der Waals surface area (Å²) in [5.74, 6) is -1.42. The largest absolute Gasteiger partial charge is 0.503 e. The number of ketones is 1. The predicted molar refractivity (Wildman–Crippen MR) is 96.5 cm³/mol. The lowest BCUT2D eigenvalue weighted by Gasteiger charge is -2.29. The maximum absolute atomic E-state index is 13.0. The molecule has 2 aliphatic rings. The molecule has 2 aromatic heterocycles. The average molecular weight is 385 g/mol. The highest BCUT2D eigenvalue weighted by atomic mass is 16.5. The van der Waals surface area contributed by atoms with Gasteiger partial charge >= 0.3 is 0 Å². The SMILES string of the molecule is O=C(C1=C(O)C(=O)N(CC[NH+]2CCOCC2)C1c1ccc[nH+]c1)c1ccco1. The number of morpholine rings is 1. The molecular formula is C20H23N3O5+2. The molecule has 0 aliphatic carbocycles. The van der Waals surface area contributed by atoms with Crippen LogP contribution in [0.25, 0.3) is 0 Å². The van der Waals surface area contributed by atoms with Crippen LogP contribution in [0.5, 0.6) is 0 Å². The van der Waals surface area contributed by atoms with Crippen molar-refractivity contribution in [3.63, 3.8) is 0 Å². The van der Waals surface area contributed by atoms with Crippen molar-refractivity contribution < 1.29 is 33.7 Å². The van der Waals surface area contributed by atoms with Gasteiger partial charge in [-0.3, -0.25) is 9.59 Å². The number of aromatic amines is 1. The first-order chi connectivity index (χ1) is 13.7. The molecule has 28 heavy (non-hydrogen) atoms. The molecule has 1 amide bonds. The van der Waals surface area contributed by atoms with Crippen LogP contribution in [0.4, 0.5) is 0 Å². The number of aromatic nitrogens is 1. The van der Waals surface area contributed by atoms with E-state index in [4.69, 9.17) is 9.15 Å². The van der Waals surface area contributed by atoms with Gasteiger partial charge in [0, 0.05) is 11.6 Å². The standard InChI is InChI=1S/C20H21N3O5/c24-18(15-4-2-10-28-15)16-17(14-3-1-5-21-13-14)23(20(26)19(16)25)7-6-22-8-11-27-12-9-22/h1-5,10,13,17,25H,6-9,11-12H2/p+2.